The number of ether oxygens (including phenoxy) is 1. The van der Waals surface area contributed by atoms with Crippen molar-refractivity contribution in [1.82, 2.24) is 5.32 Å². The highest BCUT2D eigenvalue weighted by atomic mass is 16.5. The first kappa shape index (κ1) is 13.9. The van der Waals surface area contributed by atoms with Crippen LogP contribution in [0.3, 0.4) is 0 Å². The van der Waals surface area contributed by atoms with E-state index < -0.39 is 0 Å². The Bertz CT molecular complexity index is 451. The molecule has 3 rings (SSSR count). The predicted octanol–water partition coefficient (Wildman–Crippen LogP) is 4.24. The molecule has 0 bridgehead atoms. The third-order valence-corrected chi connectivity index (χ3v) is 5.08. The summed E-state index contributed by atoms with van der Waals surface area (Å²) >= 11 is 0. The Morgan fingerprint density at radius 3 is 2.75 bits per heavy atom. The van der Waals surface area contributed by atoms with E-state index in [-0.39, 0.29) is 0 Å². The lowest BCUT2D eigenvalue weighted by Gasteiger charge is -2.31. The molecule has 2 aliphatic rings. The molecule has 0 saturated heterocycles. The number of hydrogen-bond donors (Lipinski definition) is 1. The van der Waals surface area contributed by atoms with Gasteiger partial charge in [-0.1, -0.05) is 31.4 Å². The van der Waals surface area contributed by atoms with Crippen LogP contribution in [0.25, 0.3) is 0 Å². The minimum absolute atomic E-state index is 0.429. The monoisotopic (exact) mass is 273 g/mol. The number of nitrogens with one attached hydrogen (secondary N) is 1. The van der Waals surface area contributed by atoms with E-state index in [1.807, 2.05) is 0 Å². The smallest absolute Gasteiger partial charge is 0.122 e. The largest absolute Gasteiger partial charge is 0.493 e. The van der Waals surface area contributed by atoms with Gasteiger partial charge in [-0.2, -0.15) is 0 Å². The minimum atomic E-state index is 0.429. The van der Waals surface area contributed by atoms with Crippen molar-refractivity contribution < 1.29 is 4.74 Å². The molecule has 0 radical (unpaired) electrons. The first-order chi connectivity index (χ1) is 9.74. The van der Waals surface area contributed by atoms with Crippen molar-refractivity contribution in [3.8, 4) is 5.75 Å². The van der Waals surface area contributed by atoms with Crippen LogP contribution in [0.5, 0.6) is 5.75 Å². The minimum Gasteiger partial charge on any atom is -0.493 e. The summed E-state index contributed by atoms with van der Waals surface area (Å²) in [5.41, 5.74) is 2.78. The molecule has 0 spiro atoms. The molecule has 0 aromatic heterocycles. The number of hydrogen-bond acceptors (Lipinski definition) is 2. The standard InChI is InChI=1S/C18H27NO/c1-13(15-6-4-3-5-7-15)19-14(2)16-8-9-18-17(12-16)10-11-20-18/h8-9,12-15,19H,3-7,10-11H2,1-2H3. The van der Waals surface area contributed by atoms with E-state index in [2.05, 4.69) is 37.4 Å². The van der Waals surface area contributed by atoms with Crippen LogP contribution in [0.15, 0.2) is 18.2 Å². The molecular weight excluding hydrogens is 246 g/mol. The zero-order valence-electron chi connectivity index (χ0n) is 12.8. The normalized spacial score (nSPS) is 22.1. The molecule has 110 valence electrons. The maximum Gasteiger partial charge on any atom is 0.122 e. The average molecular weight is 273 g/mol. The summed E-state index contributed by atoms with van der Waals surface area (Å²) in [4.78, 5) is 0. The summed E-state index contributed by atoms with van der Waals surface area (Å²) in [6.45, 7) is 5.50. The second-order valence-corrected chi connectivity index (χ2v) is 6.54. The van der Waals surface area contributed by atoms with Crippen molar-refractivity contribution in [2.45, 2.75) is 64.5 Å². The fraction of sp³-hybridized carbons (Fsp3) is 0.667. The molecule has 2 unspecified atom stereocenters. The van der Waals surface area contributed by atoms with Crippen LogP contribution >= 0.6 is 0 Å². The van der Waals surface area contributed by atoms with E-state index in [4.69, 9.17) is 4.74 Å². The lowest BCUT2D eigenvalue weighted by atomic mass is 9.84. The van der Waals surface area contributed by atoms with Crippen LogP contribution in [0.2, 0.25) is 0 Å². The lowest BCUT2D eigenvalue weighted by Crippen LogP contribution is -2.36. The second-order valence-electron chi connectivity index (χ2n) is 6.54. The van der Waals surface area contributed by atoms with Crippen LogP contribution in [0.4, 0.5) is 0 Å². The Kier molecular flexibility index (Phi) is 4.30. The van der Waals surface area contributed by atoms with E-state index in [0.717, 1.165) is 24.7 Å². The molecule has 1 aromatic rings. The molecule has 1 fully saturated rings. The van der Waals surface area contributed by atoms with E-state index in [0.29, 0.717) is 12.1 Å². The molecule has 2 atom stereocenters. The zero-order chi connectivity index (χ0) is 13.9. The quantitative estimate of drug-likeness (QED) is 0.886. The summed E-state index contributed by atoms with van der Waals surface area (Å²) in [5.74, 6) is 1.95. The van der Waals surface area contributed by atoms with Gasteiger partial charge in [-0.25, -0.2) is 0 Å². The van der Waals surface area contributed by atoms with Crippen molar-refractivity contribution in [2.75, 3.05) is 6.61 Å². The Labute approximate surface area is 122 Å². The average Bonchev–Trinajstić information content (AvgIpc) is 2.95. The van der Waals surface area contributed by atoms with Gasteiger partial charge in [-0.3, -0.25) is 0 Å². The summed E-state index contributed by atoms with van der Waals surface area (Å²) in [7, 11) is 0. The molecule has 2 heteroatoms. The summed E-state index contributed by atoms with van der Waals surface area (Å²) < 4.78 is 5.59. The number of rotatable bonds is 4. The topological polar surface area (TPSA) is 21.3 Å². The first-order valence-electron chi connectivity index (χ1n) is 8.25. The van der Waals surface area contributed by atoms with Gasteiger partial charge in [0.15, 0.2) is 0 Å². The Balaban J connectivity index is 1.62. The van der Waals surface area contributed by atoms with Gasteiger partial charge in [0.05, 0.1) is 6.61 Å². The third kappa shape index (κ3) is 3.01. The fourth-order valence-corrected chi connectivity index (χ4v) is 3.74. The highest BCUT2D eigenvalue weighted by Gasteiger charge is 2.22. The van der Waals surface area contributed by atoms with Crippen molar-refractivity contribution in [3.63, 3.8) is 0 Å². The third-order valence-electron chi connectivity index (χ3n) is 5.08. The van der Waals surface area contributed by atoms with Crippen LogP contribution in [0, 0.1) is 5.92 Å². The number of fused-ring (bicyclic) bond motifs is 1. The van der Waals surface area contributed by atoms with Gasteiger partial charge < -0.3 is 10.1 Å². The SMILES string of the molecule is CC(NC(C)C1CCCCC1)c1ccc2c(c1)CCO2. The van der Waals surface area contributed by atoms with Gasteiger partial charge in [0.2, 0.25) is 0 Å². The van der Waals surface area contributed by atoms with Crippen molar-refractivity contribution in [1.29, 1.82) is 0 Å². The zero-order valence-corrected chi connectivity index (χ0v) is 12.8. The van der Waals surface area contributed by atoms with Crippen LogP contribution in [-0.2, 0) is 6.42 Å². The van der Waals surface area contributed by atoms with Crippen LogP contribution in [-0.4, -0.2) is 12.6 Å². The van der Waals surface area contributed by atoms with Gasteiger partial charge in [0.1, 0.15) is 5.75 Å². The Morgan fingerprint density at radius 2 is 1.95 bits per heavy atom. The summed E-state index contributed by atoms with van der Waals surface area (Å²) in [5, 5.41) is 3.82. The van der Waals surface area contributed by atoms with Crippen molar-refractivity contribution in [2.24, 2.45) is 5.92 Å². The molecule has 0 amide bonds. The molecule has 2 nitrogen and oxygen atoms in total. The fourth-order valence-electron chi connectivity index (χ4n) is 3.74. The molecule has 1 aliphatic carbocycles. The second kappa shape index (κ2) is 6.17. The van der Waals surface area contributed by atoms with Gasteiger partial charge in [-0.15, -0.1) is 0 Å². The highest BCUT2D eigenvalue weighted by Crippen LogP contribution is 2.30. The molecule has 1 saturated carbocycles. The maximum atomic E-state index is 5.59. The molecular formula is C18H27NO. The Morgan fingerprint density at radius 1 is 1.15 bits per heavy atom. The lowest BCUT2D eigenvalue weighted by molar-refractivity contribution is 0.268. The first-order valence-corrected chi connectivity index (χ1v) is 8.25. The molecule has 20 heavy (non-hydrogen) atoms. The Hall–Kier alpha value is -1.02. The molecule has 1 N–H and O–H groups in total. The molecule has 1 aromatic carbocycles. The van der Waals surface area contributed by atoms with E-state index in [1.54, 1.807) is 0 Å². The van der Waals surface area contributed by atoms with Gasteiger partial charge >= 0.3 is 0 Å². The molecule has 1 aliphatic heterocycles. The van der Waals surface area contributed by atoms with E-state index in [9.17, 15) is 0 Å². The number of benzene rings is 1. The van der Waals surface area contributed by atoms with Gasteiger partial charge in [0.25, 0.3) is 0 Å². The summed E-state index contributed by atoms with van der Waals surface area (Å²) in [6, 6.07) is 7.73. The predicted molar refractivity (Wildman–Crippen MR) is 83.2 cm³/mol. The van der Waals surface area contributed by atoms with Crippen molar-refractivity contribution in [3.05, 3.63) is 29.3 Å². The van der Waals surface area contributed by atoms with Crippen LogP contribution < -0.4 is 10.1 Å². The maximum absolute atomic E-state index is 5.59. The van der Waals surface area contributed by atoms with E-state index in [1.165, 1.54) is 43.2 Å². The molecule has 1 heterocycles. The van der Waals surface area contributed by atoms with E-state index >= 15 is 0 Å². The highest BCUT2D eigenvalue weighted by molar-refractivity contribution is 5.40. The van der Waals surface area contributed by atoms with Gasteiger partial charge in [0, 0.05) is 18.5 Å². The van der Waals surface area contributed by atoms with Gasteiger partial charge in [-0.05, 0) is 49.8 Å². The summed E-state index contributed by atoms with van der Waals surface area (Å²) in [6.07, 6.45) is 8.14. The van der Waals surface area contributed by atoms with Crippen molar-refractivity contribution >= 4 is 0 Å². The van der Waals surface area contributed by atoms with Crippen LogP contribution in [0.1, 0.15) is 63.1 Å².